The van der Waals surface area contributed by atoms with E-state index in [2.05, 4.69) is 29.5 Å². The van der Waals surface area contributed by atoms with Crippen LogP contribution in [0, 0.1) is 5.41 Å². The van der Waals surface area contributed by atoms with Crippen molar-refractivity contribution in [3.63, 3.8) is 0 Å². The zero-order valence-corrected chi connectivity index (χ0v) is 12.9. The second-order valence-corrected chi connectivity index (χ2v) is 5.91. The van der Waals surface area contributed by atoms with Crippen LogP contribution in [0.3, 0.4) is 0 Å². The van der Waals surface area contributed by atoms with Crippen molar-refractivity contribution in [2.45, 2.75) is 45.6 Å². The second kappa shape index (κ2) is 6.78. The Morgan fingerprint density at radius 1 is 1.32 bits per heavy atom. The quantitative estimate of drug-likeness (QED) is 0.595. The topological polar surface area (TPSA) is 56.7 Å². The summed E-state index contributed by atoms with van der Waals surface area (Å²) in [5.41, 5.74) is -0.252. The van der Waals surface area contributed by atoms with Gasteiger partial charge in [-0.1, -0.05) is 12.8 Å². The molecule has 0 radical (unpaired) electrons. The van der Waals surface area contributed by atoms with Crippen molar-refractivity contribution in [2.24, 2.45) is 10.4 Å². The Labute approximate surface area is 116 Å². The molecule has 2 N–H and O–H groups in total. The molecule has 19 heavy (non-hydrogen) atoms. The van der Waals surface area contributed by atoms with Crippen LogP contribution in [0.4, 0.5) is 0 Å². The van der Waals surface area contributed by atoms with E-state index in [0.717, 1.165) is 31.6 Å². The maximum atomic E-state index is 12.4. The lowest BCUT2D eigenvalue weighted by molar-refractivity contribution is -0.138. The summed E-state index contributed by atoms with van der Waals surface area (Å²) < 4.78 is 0. The van der Waals surface area contributed by atoms with E-state index in [4.69, 9.17) is 0 Å². The maximum Gasteiger partial charge on any atom is 0.230 e. The van der Waals surface area contributed by atoms with Crippen LogP contribution in [0.25, 0.3) is 0 Å². The average molecular weight is 268 g/mol. The molecule has 1 rings (SSSR count). The highest BCUT2D eigenvalue weighted by molar-refractivity contribution is 5.85. The summed E-state index contributed by atoms with van der Waals surface area (Å²) in [5.74, 6) is 1.00. The molecule has 0 aromatic carbocycles. The van der Waals surface area contributed by atoms with Gasteiger partial charge in [-0.25, -0.2) is 0 Å². The third-order valence-electron chi connectivity index (χ3n) is 3.66. The van der Waals surface area contributed by atoms with Crippen molar-refractivity contribution in [1.29, 1.82) is 0 Å². The molecule has 5 heteroatoms. The molecule has 0 aliphatic heterocycles. The zero-order chi connectivity index (χ0) is 14.5. The minimum atomic E-state index is -0.252. The Bertz CT molecular complexity index is 330. The van der Waals surface area contributed by atoms with E-state index in [9.17, 15) is 4.79 Å². The molecule has 0 saturated heterocycles. The summed E-state index contributed by atoms with van der Waals surface area (Å²) in [6.45, 7) is 4.81. The van der Waals surface area contributed by atoms with Gasteiger partial charge in [0.2, 0.25) is 5.91 Å². The molecule has 0 aromatic rings. The van der Waals surface area contributed by atoms with Gasteiger partial charge in [0.1, 0.15) is 0 Å². The smallest absolute Gasteiger partial charge is 0.230 e. The summed E-state index contributed by atoms with van der Waals surface area (Å²) in [5, 5.41) is 6.56. The number of aliphatic imine (C=N–C) groups is 1. The fraction of sp³-hybridized carbons (Fsp3) is 0.857. The van der Waals surface area contributed by atoms with E-state index >= 15 is 0 Å². The summed E-state index contributed by atoms with van der Waals surface area (Å²) in [6, 6.07) is 0.329. The van der Waals surface area contributed by atoms with Gasteiger partial charge in [-0.2, -0.15) is 0 Å². The lowest BCUT2D eigenvalue weighted by Gasteiger charge is -2.31. The number of carbonyl (C=O) groups excluding carboxylic acids is 1. The first-order valence-corrected chi connectivity index (χ1v) is 7.10. The third kappa shape index (κ3) is 4.11. The van der Waals surface area contributed by atoms with Crippen LogP contribution in [0.5, 0.6) is 0 Å². The molecule has 1 fully saturated rings. The fourth-order valence-corrected chi connectivity index (χ4v) is 2.71. The predicted molar refractivity (Wildman–Crippen MR) is 79.2 cm³/mol. The van der Waals surface area contributed by atoms with Crippen molar-refractivity contribution in [3.05, 3.63) is 0 Å². The normalized spacial score (nSPS) is 18.5. The summed E-state index contributed by atoms with van der Waals surface area (Å²) >= 11 is 0. The van der Waals surface area contributed by atoms with E-state index in [1.54, 1.807) is 11.9 Å². The number of amides is 1. The standard InChI is InChI=1S/C14H28N4O/c1-11(2)17-13(15-3)16-10-14(8-6-7-9-14)12(19)18(4)5/h11H,6-10H2,1-5H3,(H2,15,16,17). The van der Waals surface area contributed by atoms with Crippen LogP contribution in [-0.2, 0) is 4.79 Å². The molecule has 0 aromatic heterocycles. The Morgan fingerprint density at radius 3 is 2.32 bits per heavy atom. The van der Waals surface area contributed by atoms with Crippen LogP contribution in [-0.4, -0.2) is 50.5 Å². The van der Waals surface area contributed by atoms with Crippen molar-refractivity contribution in [2.75, 3.05) is 27.7 Å². The maximum absolute atomic E-state index is 12.4. The Balaban J connectivity index is 2.67. The van der Waals surface area contributed by atoms with Crippen LogP contribution >= 0.6 is 0 Å². The minimum absolute atomic E-state index is 0.234. The fourth-order valence-electron chi connectivity index (χ4n) is 2.71. The average Bonchev–Trinajstić information content (AvgIpc) is 2.82. The highest BCUT2D eigenvalue weighted by Crippen LogP contribution is 2.38. The molecule has 1 amide bonds. The molecule has 0 atom stereocenters. The van der Waals surface area contributed by atoms with Crippen LogP contribution in [0.15, 0.2) is 4.99 Å². The highest BCUT2D eigenvalue weighted by Gasteiger charge is 2.42. The Kier molecular flexibility index (Phi) is 5.63. The number of nitrogens with zero attached hydrogens (tertiary/aromatic N) is 2. The first-order chi connectivity index (χ1) is 8.91. The third-order valence-corrected chi connectivity index (χ3v) is 3.66. The van der Waals surface area contributed by atoms with E-state index < -0.39 is 0 Å². The molecule has 1 aliphatic carbocycles. The van der Waals surface area contributed by atoms with Crippen molar-refractivity contribution >= 4 is 11.9 Å². The molecule has 110 valence electrons. The van der Waals surface area contributed by atoms with Crippen LogP contribution in [0.2, 0.25) is 0 Å². The van der Waals surface area contributed by atoms with E-state index in [-0.39, 0.29) is 11.3 Å². The molecule has 0 spiro atoms. The Hall–Kier alpha value is -1.26. The zero-order valence-electron chi connectivity index (χ0n) is 12.9. The molecule has 0 unspecified atom stereocenters. The summed E-state index contributed by atoms with van der Waals surface area (Å²) in [4.78, 5) is 18.3. The monoisotopic (exact) mass is 268 g/mol. The first-order valence-electron chi connectivity index (χ1n) is 7.10. The highest BCUT2D eigenvalue weighted by atomic mass is 16.2. The van der Waals surface area contributed by atoms with Crippen molar-refractivity contribution in [1.82, 2.24) is 15.5 Å². The van der Waals surface area contributed by atoms with E-state index in [1.165, 1.54) is 0 Å². The second-order valence-electron chi connectivity index (χ2n) is 5.91. The summed E-state index contributed by atoms with van der Waals surface area (Å²) in [6.07, 6.45) is 4.21. The molecular weight excluding hydrogens is 240 g/mol. The number of hydrogen-bond donors (Lipinski definition) is 2. The number of carbonyl (C=O) groups is 1. The molecular formula is C14H28N4O. The van der Waals surface area contributed by atoms with Crippen molar-refractivity contribution in [3.8, 4) is 0 Å². The number of rotatable bonds is 4. The van der Waals surface area contributed by atoms with Gasteiger partial charge < -0.3 is 15.5 Å². The molecule has 0 bridgehead atoms. The van der Waals surface area contributed by atoms with Crippen LogP contribution < -0.4 is 10.6 Å². The molecule has 1 saturated carbocycles. The van der Waals surface area contributed by atoms with Gasteiger partial charge in [0, 0.05) is 33.7 Å². The minimum Gasteiger partial charge on any atom is -0.355 e. The van der Waals surface area contributed by atoms with Crippen molar-refractivity contribution < 1.29 is 4.79 Å². The van der Waals surface area contributed by atoms with Gasteiger partial charge in [0.15, 0.2) is 5.96 Å². The molecule has 0 heterocycles. The largest absolute Gasteiger partial charge is 0.355 e. The molecule has 5 nitrogen and oxygen atoms in total. The van der Waals surface area contributed by atoms with Gasteiger partial charge in [0.25, 0.3) is 0 Å². The number of nitrogens with one attached hydrogen (secondary N) is 2. The lowest BCUT2D eigenvalue weighted by Crippen LogP contribution is -2.50. The summed E-state index contributed by atoms with van der Waals surface area (Å²) in [7, 11) is 5.43. The van der Waals surface area contributed by atoms with Gasteiger partial charge in [-0.15, -0.1) is 0 Å². The van der Waals surface area contributed by atoms with Gasteiger partial charge in [-0.05, 0) is 26.7 Å². The Morgan fingerprint density at radius 2 is 1.89 bits per heavy atom. The van der Waals surface area contributed by atoms with Gasteiger partial charge in [0.05, 0.1) is 5.41 Å². The van der Waals surface area contributed by atoms with E-state index in [1.807, 2.05) is 14.1 Å². The van der Waals surface area contributed by atoms with Crippen LogP contribution in [0.1, 0.15) is 39.5 Å². The van der Waals surface area contributed by atoms with Gasteiger partial charge in [-0.3, -0.25) is 9.79 Å². The number of guanidine groups is 1. The first kappa shape index (κ1) is 15.8. The molecule has 1 aliphatic rings. The predicted octanol–water partition coefficient (Wildman–Crippen LogP) is 1.21. The SMILES string of the molecule is CN=C(NCC1(C(=O)N(C)C)CCCC1)NC(C)C. The van der Waals surface area contributed by atoms with Gasteiger partial charge >= 0.3 is 0 Å². The number of hydrogen-bond acceptors (Lipinski definition) is 2. The van der Waals surface area contributed by atoms with E-state index in [0.29, 0.717) is 12.6 Å². The lowest BCUT2D eigenvalue weighted by atomic mass is 9.84.